The van der Waals surface area contributed by atoms with E-state index in [-0.39, 0.29) is 72.1 Å². The molecule has 8 aromatic carbocycles. The highest BCUT2D eigenvalue weighted by Crippen LogP contribution is 2.35. The summed E-state index contributed by atoms with van der Waals surface area (Å²) < 4.78 is 0. The standard InChI is InChI=1S/C48H36N4O4/c53-45-37-21-9-10-22-38(37)47(55)51-27-43-33-17-5-7-19-35(33)44(36-20-8-6-18-34(36)43)28-52-48(56)40-24-12-11-23-39(40)46(54)50-26-42-30-14-2-1-13-29(30)41(25-49-45)31-15-3-4-16-32(31)42/h1-24H,25-28H2,(H,49,53)(H,50,54)(H,51,55)(H,52,56). The van der Waals surface area contributed by atoms with E-state index in [4.69, 9.17) is 0 Å². The van der Waals surface area contributed by atoms with E-state index in [1.165, 1.54) is 0 Å². The minimum atomic E-state index is -0.365. The van der Waals surface area contributed by atoms with Gasteiger partial charge in [-0.15, -0.1) is 0 Å². The van der Waals surface area contributed by atoms with E-state index >= 15 is 0 Å². The Morgan fingerprint density at radius 3 is 0.589 bits per heavy atom. The number of hydrogen-bond donors (Lipinski definition) is 4. The lowest BCUT2D eigenvalue weighted by molar-refractivity contribution is 0.0917. The Morgan fingerprint density at radius 1 is 0.250 bits per heavy atom. The molecule has 1 aliphatic rings. The highest BCUT2D eigenvalue weighted by Gasteiger charge is 2.22. The van der Waals surface area contributed by atoms with Crippen LogP contribution in [0.2, 0.25) is 0 Å². The van der Waals surface area contributed by atoms with Crippen LogP contribution in [0.4, 0.5) is 0 Å². The van der Waals surface area contributed by atoms with Crippen molar-refractivity contribution in [2.45, 2.75) is 26.2 Å². The van der Waals surface area contributed by atoms with Crippen LogP contribution in [-0.2, 0) is 26.2 Å². The molecule has 1 heterocycles. The molecule has 4 bridgehead atoms. The van der Waals surface area contributed by atoms with Crippen LogP contribution in [0.5, 0.6) is 0 Å². The minimum absolute atomic E-state index is 0.204. The molecule has 0 spiro atoms. The van der Waals surface area contributed by atoms with Crippen LogP contribution in [0.15, 0.2) is 146 Å². The second kappa shape index (κ2) is 14.5. The molecule has 0 radical (unpaired) electrons. The van der Waals surface area contributed by atoms with Crippen molar-refractivity contribution in [3.05, 3.63) is 190 Å². The summed E-state index contributed by atoms with van der Waals surface area (Å²) in [6.45, 7) is 0.815. The number of rotatable bonds is 0. The smallest absolute Gasteiger partial charge is 0.252 e. The number of carbonyl (C=O) groups is 4. The van der Waals surface area contributed by atoms with Gasteiger partial charge in [0.1, 0.15) is 0 Å². The third-order valence-electron chi connectivity index (χ3n) is 10.8. The van der Waals surface area contributed by atoms with E-state index in [2.05, 4.69) is 21.3 Å². The van der Waals surface area contributed by atoms with Gasteiger partial charge in [-0.3, -0.25) is 19.2 Å². The average molecular weight is 733 g/mol. The zero-order valence-corrected chi connectivity index (χ0v) is 30.3. The number of amides is 4. The quantitative estimate of drug-likeness (QED) is 0.117. The SMILES string of the molecule is O=C1NCc2c3ccccc3c(c3ccccc23)CNC(=O)c2ccccc2C(=O)NCc2c3ccccc3c(c3ccccc23)CNC(=O)c2ccccc21. The summed E-state index contributed by atoms with van der Waals surface area (Å²) in [4.78, 5) is 55.9. The highest BCUT2D eigenvalue weighted by molar-refractivity contribution is 6.11. The Hall–Kier alpha value is -7.32. The maximum atomic E-state index is 14.0. The fourth-order valence-electron chi connectivity index (χ4n) is 8.19. The van der Waals surface area contributed by atoms with Crippen LogP contribution in [0.3, 0.4) is 0 Å². The minimum Gasteiger partial charge on any atom is -0.348 e. The Labute approximate surface area is 322 Å². The monoisotopic (exact) mass is 732 g/mol. The van der Waals surface area contributed by atoms with Crippen LogP contribution in [0.1, 0.15) is 63.7 Å². The van der Waals surface area contributed by atoms with E-state index in [1.807, 2.05) is 97.1 Å². The summed E-state index contributed by atoms with van der Waals surface area (Å²) >= 11 is 0. The molecular weight excluding hydrogens is 697 g/mol. The maximum absolute atomic E-state index is 14.0. The molecule has 1 aliphatic heterocycles. The normalized spacial score (nSPS) is 14.1. The highest BCUT2D eigenvalue weighted by atomic mass is 16.2. The molecular formula is C48H36N4O4. The van der Waals surface area contributed by atoms with Gasteiger partial charge in [0.25, 0.3) is 23.6 Å². The van der Waals surface area contributed by atoms with Crippen LogP contribution >= 0.6 is 0 Å². The number of benzene rings is 8. The lowest BCUT2D eigenvalue weighted by atomic mass is 9.91. The Morgan fingerprint density at radius 2 is 0.411 bits per heavy atom. The molecule has 4 N–H and O–H groups in total. The summed E-state index contributed by atoms with van der Waals surface area (Å²) in [5.41, 5.74) is 4.75. The van der Waals surface area contributed by atoms with Crippen LogP contribution < -0.4 is 21.3 Å². The van der Waals surface area contributed by atoms with Crippen LogP contribution in [-0.4, -0.2) is 23.6 Å². The van der Waals surface area contributed by atoms with Crippen LogP contribution in [0, 0.1) is 0 Å². The zero-order valence-electron chi connectivity index (χ0n) is 30.3. The number of fused-ring (bicyclic) bond motifs is 8. The summed E-state index contributed by atoms with van der Waals surface area (Å²) in [5, 5.41) is 19.9. The lowest BCUT2D eigenvalue weighted by Gasteiger charge is -2.19. The topological polar surface area (TPSA) is 116 Å². The van der Waals surface area contributed by atoms with Gasteiger partial charge in [0.05, 0.1) is 22.3 Å². The molecule has 4 amide bonds. The van der Waals surface area contributed by atoms with Crippen LogP contribution in [0.25, 0.3) is 43.1 Å². The number of nitrogens with one attached hydrogen (secondary N) is 4. The van der Waals surface area contributed by atoms with Crippen molar-refractivity contribution in [2.75, 3.05) is 0 Å². The largest absolute Gasteiger partial charge is 0.348 e. The molecule has 8 nitrogen and oxygen atoms in total. The third kappa shape index (κ3) is 6.07. The molecule has 272 valence electrons. The van der Waals surface area contributed by atoms with Crippen molar-refractivity contribution in [2.24, 2.45) is 0 Å². The second-order valence-electron chi connectivity index (χ2n) is 13.9. The molecule has 0 aliphatic carbocycles. The maximum Gasteiger partial charge on any atom is 0.252 e. The van der Waals surface area contributed by atoms with E-state index in [1.54, 1.807) is 48.5 Å². The Kier molecular flexibility index (Phi) is 8.91. The average Bonchev–Trinajstić information content (AvgIpc) is 3.25. The van der Waals surface area contributed by atoms with Crippen molar-refractivity contribution in [3.63, 3.8) is 0 Å². The van der Waals surface area contributed by atoms with Gasteiger partial charge in [0, 0.05) is 26.2 Å². The van der Waals surface area contributed by atoms with Crippen molar-refractivity contribution in [1.82, 2.24) is 21.3 Å². The third-order valence-corrected chi connectivity index (χ3v) is 10.8. The molecule has 9 rings (SSSR count). The molecule has 56 heavy (non-hydrogen) atoms. The van der Waals surface area contributed by atoms with Gasteiger partial charge >= 0.3 is 0 Å². The molecule has 0 saturated heterocycles. The van der Waals surface area contributed by atoms with Gasteiger partial charge in [-0.25, -0.2) is 0 Å². The van der Waals surface area contributed by atoms with Crippen molar-refractivity contribution in [1.29, 1.82) is 0 Å². The molecule has 0 aromatic heterocycles. The summed E-state index contributed by atoms with van der Waals surface area (Å²) in [5.74, 6) is -1.46. The van der Waals surface area contributed by atoms with Gasteiger partial charge in [0.2, 0.25) is 0 Å². The predicted molar refractivity (Wildman–Crippen MR) is 220 cm³/mol. The summed E-state index contributed by atoms with van der Waals surface area (Å²) in [6.07, 6.45) is 0. The molecule has 0 saturated carbocycles. The molecule has 0 unspecified atom stereocenters. The first-order valence-corrected chi connectivity index (χ1v) is 18.6. The summed E-state index contributed by atoms with van der Waals surface area (Å²) in [6, 6.07) is 45.4. The fourth-order valence-corrected chi connectivity index (χ4v) is 8.19. The van der Waals surface area contributed by atoms with Gasteiger partial charge in [-0.05, 0) is 89.6 Å². The first-order valence-electron chi connectivity index (χ1n) is 18.6. The Balaban J connectivity index is 1.18. The first kappa shape index (κ1) is 34.4. The lowest BCUT2D eigenvalue weighted by Crippen LogP contribution is -2.30. The molecule has 0 atom stereocenters. The predicted octanol–water partition coefficient (Wildman–Crippen LogP) is 8.33. The fraction of sp³-hybridized carbons (Fsp3) is 0.0833. The van der Waals surface area contributed by atoms with Gasteiger partial charge < -0.3 is 21.3 Å². The molecule has 0 fully saturated rings. The van der Waals surface area contributed by atoms with E-state index in [9.17, 15) is 19.2 Å². The van der Waals surface area contributed by atoms with Crippen molar-refractivity contribution in [3.8, 4) is 0 Å². The number of carbonyl (C=O) groups excluding carboxylic acids is 4. The number of hydrogen-bond acceptors (Lipinski definition) is 4. The van der Waals surface area contributed by atoms with Crippen molar-refractivity contribution < 1.29 is 19.2 Å². The first-order chi connectivity index (χ1) is 27.5. The van der Waals surface area contributed by atoms with Gasteiger partial charge in [-0.2, -0.15) is 0 Å². The zero-order chi connectivity index (χ0) is 38.2. The van der Waals surface area contributed by atoms with E-state index in [0.717, 1.165) is 65.3 Å². The Bertz CT molecular complexity index is 2410. The molecule has 8 aromatic rings. The van der Waals surface area contributed by atoms with E-state index < -0.39 is 0 Å². The summed E-state index contributed by atoms with van der Waals surface area (Å²) in [7, 11) is 0. The second-order valence-corrected chi connectivity index (χ2v) is 13.9. The molecule has 8 heteroatoms. The van der Waals surface area contributed by atoms with Crippen molar-refractivity contribution >= 4 is 66.7 Å². The van der Waals surface area contributed by atoms with Gasteiger partial charge in [0.15, 0.2) is 0 Å². The van der Waals surface area contributed by atoms with Gasteiger partial charge in [-0.1, -0.05) is 121 Å². The van der Waals surface area contributed by atoms with E-state index in [0.29, 0.717) is 0 Å².